The van der Waals surface area contributed by atoms with E-state index in [9.17, 15) is 4.57 Å². The summed E-state index contributed by atoms with van der Waals surface area (Å²) in [6, 6.07) is 11.9. The summed E-state index contributed by atoms with van der Waals surface area (Å²) in [6.45, 7) is 10.2. The number of hydrogen-bond donors (Lipinski definition) is 2. The summed E-state index contributed by atoms with van der Waals surface area (Å²) in [5.41, 5.74) is 6.03. The molecule has 0 heterocycles. The largest absolute Gasteiger partial charge is 0.391 e. The molecule has 5 heteroatoms. The van der Waals surface area contributed by atoms with Gasteiger partial charge in [0.15, 0.2) is 0 Å². The second-order valence-electron chi connectivity index (χ2n) is 5.83. The Labute approximate surface area is 138 Å². The Hall–Kier alpha value is -1.77. The second-order valence-corrected chi connectivity index (χ2v) is 7.64. The third-order valence-electron chi connectivity index (χ3n) is 3.61. The Morgan fingerprint density at radius 3 is 1.65 bits per heavy atom. The molecule has 0 amide bonds. The van der Waals surface area contributed by atoms with Crippen LogP contribution in [0.2, 0.25) is 0 Å². The van der Waals surface area contributed by atoms with Gasteiger partial charge in [-0.15, -0.1) is 0 Å². The summed E-state index contributed by atoms with van der Waals surface area (Å²) in [5.74, 6) is 0. The fraction of sp³-hybridized carbons (Fsp3) is 0.333. The predicted octanol–water partition coefficient (Wildman–Crippen LogP) is 5.59. The Bertz CT molecular complexity index is 686. The molecule has 0 bridgehead atoms. The van der Waals surface area contributed by atoms with Gasteiger partial charge in [-0.3, -0.25) is 14.7 Å². The van der Waals surface area contributed by atoms with Crippen molar-refractivity contribution in [3.63, 3.8) is 0 Å². The average molecular weight is 332 g/mol. The molecule has 0 atom stereocenters. The zero-order valence-corrected chi connectivity index (χ0v) is 15.3. The molecule has 23 heavy (non-hydrogen) atoms. The van der Waals surface area contributed by atoms with E-state index in [1.165, 1.54) is 11.1 Å². The number of benzene rings is 2. The molecule has 0 aliphatic carbocycles. The van der Waals surface area contributed by atoms with E-state index in [0.29, 0.717) is 6.61 Å². The van der Waals surface area contributed by atoms with E-state index >= 15 is 0 Å². The molecule has 0 aliphatic heterocycles. The molecule has 0 spiro atoms. The van der Waals surface area contributed by atoms with Crippen LogP contribution in [0.25, 0.3) is 0 Å². The van der Waals surface area contributed by atoms with Crippen molar-refractivity contribution in [2.75, 3.05) is 16.8 Å². The van der Waals surface area contributed by atoms with Crippen molar-refractivity contribution in [1.82, 2.24) is 0 Å². The summed E-state index contributed by atoms with van der Waals surface area (Å²) in [5, 5.41) is 6.13. The predicted molar refractivity (Wildman–Crippen MR) is 98.3 cm³/mol. The first-order valence-electron chi connectivity index (χ1n) is 7.78. The molecule has 2 rings (SSSR count). The fourth-order valence-corrected chi connectivity index (χ4v) is 4.15. The third kappa shape index (κ3) is 4.60. The van der Waals surface area contributed by atoms with Gasteiger partial charge in [-0.25, -0.2) is 4.57 Å². The van der Waals surface area contributed by atoms with E-state index < -0.39 is 7.67 Å². The summed E-state index contributed by atoms with van der Waals surface area (Å²) in [6.07, 6.45) is 0. The van der Waals surface area contributed by atoms with Crippen molar-refractivity contribution in [2.24, 2.45) is 0 Å². The fourth-order valence-electron chi connectivity index (χ4n) is 2.47. The van der Waals surface area contributed by atoms with Crippen LogP contribution in [0.5, 0.6) is 0 Å². The summed E-state index contributed by atoms with van der Waals surface area (Å²) < 4.78 is 18.7. The summed E-state index contributed by atoms with van der Waals surface area (Å²) in [7, 11) is -3.25. The molecule has 124 valence electrons. The van der Waals surface area contributed by atoms with E-state index in [1.807, 2.05) is 58.9 Å². The first-order chi connectivity index (χ1) is 10.8. The highest BCUT2D eigenvalue weighted by Crippen LogP contribution is 2.47. The van der Waals surface area contributed by atoms with Gasteiger partial charge in [0, 0.05) is 11.4 Å². The van der Waals surface area contributed by atoms with Gasteiger partial charge in [0.1, 0.15) is 0 Å². The lowest BCUT2D eigenvalue weighted by Gasteiger charge is -2.23. The summed E-state index contributed by atoms with van der Waals surface area (Å²) in [4.78, 5) is 0. The lowest BCUT2D eigenvalue weighted by atomic mass is 10.1. The Morgan fingerprint density at radius 1 is 0.870 bits per heavy atom. The van der Waals surface area contributed by atoms with E-state index in [2.05, 4.69) is 22.3 Å². The topological polar surface area (TPSA) is 50.4 Å². The smallest absolute Gasteiger partial charge is 0.298 e. The molecular formula is C18H25N2O2P. The molecule has 2 N–H and O–H groups in total. The monoisotopic (exact) mass is 332 g/mol. The highest BCUT2D eigenvalue weighted by molar-refractivity contribution is 7.62. The Balaban J connectivity index is 2.29. The molecule has 2 aromatic rings. The lowest BCUT2D eigenvalue weighted by molar-refractivity contribution is 0.340. The van der Waals surface area contributed by atoms with Gasteiger partial charge in [-0.2, -0.15) is 0 Å². The Kier molecular flexibility index (Phi) is 5.51. The zero-order valence-electron chi connectivity index (χ0n) is 14.4. The number of aryl methyl sites for hydroxylation is 4. The van der Waals surface area contributed by atoms with Crippen LogP contribution < -0.4 is 10.2 Å². The minimum Gasteiger partial charge on any atom is -0.298 e. The normalized spacial score (nSPS) is 11.3. The number of nitrogens with one attached hydrogen (secondary N) is 2. The molecule has 0 aliphatic rings. The highest BCUT2D eigenvalue weighted by atomic mass is 31.2. The second kappa shape index (κ2) is 7.20. The van der Waals surface area contributed by atoms with Crippen molar-refractivity contribution in [2.45, 2.75) is 34.6 Å². The van der Waals surface area contributed by atoms with Crippen LogP contribution in [-0.4, -0.2) is 6.61 Å². The van der Waals surface area contributed by atoms with E-state index in [0.717, 1.165) is 22.5 Å². The van der Waals surface area contributed by atoms with Gasteiger partial charge in [0.25, 0.3) is 0 Å². The van der Waals surface area contributed by atoms with Crippen LogP contribution in [0, 0.1) is 27.7 Å². The van der Waals surface area contributed by atoms with E-state index in [-0.39, 0.29) is 0 Å². The number of hydrogen-bond acceptors (Lipinski definition) is 2. The summed E-state index contributed by atoms with van der Waals surface area (Å²) >= 11 is 0. The zero-order chi connectivity index (χ0) is 17.0. The SMILES string of the molecule is CCOP(=O)(Nc1ccc(C)cc1C)Nc1ccc(C)cc1C. The van der Waals surface area contributed by atoms with Gasteiger partial charge < -0.3 is 0 Å². The average Bonchev–Trinajstić information content (AvgIpc) is 2.46. The number of rotatable bonds is 6. The molecule has 0 radical (unpaired) electrons. The van der Waals surface area contributed by atoms with Gasteiger partial charge >= 0.3 is 7.67 Å². The molecular weight excluding hydrogens is 307 g/mol. The van der Waals surface area contributed by atoms with Crippen molar-refractivity contribution >= 4 is 19.0 Å². The van der Waals surface area contributed by atoms with Crippen LogP contribution in [0.3, 0.4) is 0 Å². The van der Waals surface area contributed by atoms with E-state index in [1.54, 1.807) is 0 Å². The van der Waals surface area contributed by atoms with Gasteiger partial charge in [-0.1, -0.05) is 35.4 Å². The van der Waals surface area contributed by atoms with Crippen LogP contribution in [0.1, 0.15) is 29.2 Å². The van der Waals surface area contributed by atoms with Crippen molar-refractivity contribution < 1.29 is 9.09 Å². The maximum atomic E-state index is 13.2. The molecule has 4 nitrogen and oxygen atoms in total. The quantitative estimate of drug-likeness (QED) is 0.677. The Morgan fingerprint density at radius 2 is 1.30 bits per heavy atom. The van der Waals surface area contributed by atoms with Crippen LogP contribution >= 0.6 is 7.67 Å². The minimum atomic E-state index is -3.25. The van der Waals surface area contributed by atoms with Crippen LogP contribution in [0.15, 0.2) is 36.4 Å². The van der Waals surface area contributed by atoms with Crippen LogP contribution in [-0.2, 0) is 9.09 Å². The molecule has 0 aromatic heterocycles. The standard InChI is InChI=1S/C18H25N2O2P/c1-6-22-23(21,19-17-9-7-13(2)11-15(17)4)20-18-10-8-14(3)12-16(18)5/h7-12H,6H2,1-5H3,(H2,19,20,21). The molecule has 0 unspecified atom stereocenters. The third-order valence-corrected chi connectivity index (χ3v) is 5.30. The van der Waals surface area contributed by atoms with Gasteiger partial charge in [0.05, 0.1) is 6.61 Å². The molecule has 0 saturated heterocycles. The van der Waals surface area contributed by atoms with Gasteiger partial charge in [0.2, 0.25) is 0 Å². The maximum absolute atomic E-state index is 13.2. The van der Waals surface area contributed by atoms with Crippen LogP contribution in [0.4, 0.5) is 11.4 Å². The first-order valence-corrected chi connectivity index (χ1v) is 9.41. The van der Waals surface area contributed by atoms with Crippen molar-refractivity contribution in [3.8, 4) is 0 Å². The molecule has 0 saturated carbocycles. The lowest BCUT2D eigenvalue weighted by Crippen LogP contribution is -2.11. The van der Waals surface area contributed by atoms with Crippen molar-refractivity contribution in [1.29, 1.82) is 0 Å². The number of anilines is 2. The molecule has 0 fully saturated rings. The highest BCUT2D eigenvalue weighted by Gasteiger charge is 2.24. The van der Waals surface area contributed by atoms with E-state index in [4.69, 9.17) is 4.52 Å². The minimum absolute atomic E-state index is 0.354. The van der Waals surface area contributed by atoms with Crippen molar-refractivity contribution in [3.05, 3.63) is 58.7 Å². The first kappa shape index (κ1) is 17.6. The maximum Gasteiger partial charge on any atom is 0.391 e. The molecule has 2 aromatic carbocycles. The van der Waals surface area contributed by atoms with Gasteiger partial charge in [-0.05, 0) is 57.9 Å².